The Balaban J connectivity index is 2.24. The average molecular weight is 414 g/mol. The summed E-state index contributed by atoms with van der Waals surface area (Å²) in [5.74, 6) is -0.818. The van der Waals surface area contributed by atoms with E-state index in [0.29, 0.717) is 0 Å². The van der Waals surface area contributed by atoms with Crippen molar-refractivity contribution in [3.8, 4) is 0 Å². The first-order valence-corrected chi connectivity index (χ1v) is 9.31. The quantitative estimate of drug-likeness (QED) is 0.759. The van der Waals surface area contributed by atoms with Crippen molar-refractivity contribution in [3.63, 3.8) is 0 Å². The van der Waals surface area contributed by atoms with Crippen LogP contribution in [0.15, 0.2) is 34.5 Å². The van der Waals surface area contributed by atoms with Crippen LogP contribution in [0.5, 0.6) is 0 Å². The van der Waals surface area contributed by atoms with Crippen molar-refractivity contribution < 1.29 is 31.1 Å². The van der Waals surface area contributed by atoms with Crippen molar-refractivity contribution >= 4 is 38.9 Å². The summed E-state index contributed by atoms with van der Waals surface area (Å²) in [6.45, 7) is -0.404. The summed E-state index contributed by atoms with van der Waals surface area (Å²) in [5, 5.41) is 0.912. The number of sulfonamides is 1. The summed E-state index contributed by atoms with van der Waals surface area (Å²) >= 11 is 6.39. The molecule has 0 bridgehead atoms. The molecule has 1 N–H and O–H groups in total. The number of hydrogen-bond donors (Lipinski definition) is 1. The molecule has 136 valence electrons. The highest BCUT2D eigenvalue weighted by Gasteiger charge is 2.33. The number of rotatable bonds is 5. The molecule has 2 rings (SSSR count). The molecule has 0 spiro atoms. The average Bonchev–Trinajstić information content (AvgIpc) is 3.03. The lowest BCUT2D eigenvalue weighted by Gasteiger charge is -2.12. The van der Waals surface area contributed by atoms with Crippen LogP contribution in [0.1, 0.15) is 20.8 Å². The largest absolute Gasteiger partial charge is 0.465 e. The van der Waals surface area contributed by atoms with E-state index < -0.39 is 39.3 Å². The van der Waals surface area contributed by atoms with Crippen LogP contribution in [0, 0.1) is 0 Å². The molecule has 0 saturated heterocycles. The van der Waals surface area contributed by atoms with Gasteiger partial charge in [-0.05, 0) is 29.1 Å². The Bertz CT molecular complexity index is 894. The predicted molar refractivity (Wildman–Crippen MR) is 86.1 cm³/mol. The predicted octanol–water partition coefficient (Wildman–Crippen LogP) is 3.69. The number of benzene rings is 1. The highest BCUT2D eigenvalue weighted by molar-refractivity contribution is 7.89. The Morgan fingerprint density at radius 1 is 1.32 bits per heavy atom. The Morgan fingerprint density at radius 2 is 2.00 bits per heavy atom. The van der Waals surface area contributed by atoms with Gasteiger partial charge in [-0.1, -0.05) is 17.7 Å². The first kappa shape index (κ1) is 19.7. The number of ether oxygens (including phenoxy) is 1. The van der Waals surface area contributed by atoms with Crippen LogP contribution < -0.4 is 4.72 Å². The van der Waals surface area contributed by atoms with Gasteiger partial charge in [0.2, 0.25) is 10.0 Å². The SMILES string of the molecule is COC(=O)c1sccc1S(=O)(=O)NCc1ccc(Cl)c(C(F)(F)F)c1. The maximum absolute atomic E-state index is 12.8. The molecule has 0 unspecified atom stereocenters. The number of nitrogens with one attached hydrogen (secondary N) is 1. The first-order chi connectivity index (χ1) is 11.6. The summed E-state index contributed by atoms with van der Waals surface area (Å²) in [4.78, 5) is 11.1. The number of carbonyl (C=O) groups excluding carboxylic acids is 1. The number of thiophene rings is 1. The van der Waals surface area contributed by atoms with E-state index in [4.69, 9.17) is 11.6 Å². The van der Waals surface area contributed by atoms with Gasteiger partial charge in [-0.2, -0.15) is 13.2 Å². The molecule has 11 heteroatoms. The summed E-state index contributed by atoms with van der Waals surface area (Å²) in [5.41, 5.74) is -0.994. The van der Waals surface area contributed by atoms with Crippen molar-refractivity contribution in [1.29, 1.82) is 0 Å². The highest BCUT2D eigenvalue weighted by Crippen LogP contribution is 2.35. The molecule has 1 aromatic heterocycles. The number of carbonyl (C=O) groups is 1. The van der Waals surface area contributed by atoms with Gasteiger partial charge in [0.1, 0.15) is 9.77 Å². The van der Waals surface area contributed by atoms with Crippen LogP contribution in [-0.2, 0) is 27.5 Å². The molecule has 25 heavy (non-hydrogen) atoms. The van der Waals surface area contributed by atoms with E-state index >= 15 is 0 Å². The number of alkyl halides is 3. The topological polar surface area (TPSA) is 72.5 Å². The number of esters is 1. The van der Waals surface area contributed by atoms with Gasteiger partial charge in [-0.15, -0.1) is 11.3 Å². The molecule has 0 aliphatic carbocycles. The van der Waals surface area contributed by atoms with Crippen LogP contribution >= 0.6 is 22.9 Å². The van der Waals surface area contributed by atoms with E-state index in [9.17, 15) is 26.4 Å². The smallest absolute Gasteiger partial charge is 0.417 e. The van der Waals surface area contributed by atoms with E-state index in [1.54, 1.807) is 0 Å². The second-order valence-electron chi connectivity index (χ2n) is 4.74. The zero-order valence-electron chi connectivity index (χ0n) is 12.6. The molecule has 0 amide bonds. The van der Waals surface area contributed by atoms with Crippen LogP contribution in [0.3, 0.4) is 0 Å². The standard InChI is InChI=1S/C14H11ClF3NO4S2/c1-23-13(20)12-11(4-5-24-12)25(21,22)19-7-8-2-3-10(15)9(6-8)14(16,17)18/h2-6,19H,7H2,1H3. The van der Waals surface area contributed by atoms with Crippen LogP contribution in [-0.4, -0.2) is 21.5 Å². The van der Waals surface area contributed by atoms with E-state index in [1.807, 2.05) is 0 Å². The zero-order valence-corrected chi connectivity index (χ0v) is 14.9. The van der Waals surface area contributed by atoms with Crippen molar-refractivity contribution in [3.05, 3.63) is 50.7 Å². The van der Waals surface area contributed by atoms with E-state index in [0.717, 1.165) is 30.6 Å². The second-order valence-corrected chi connectivity index (χ2v) is 7.80. The van der Waals surface area contributed by atoms with Gasteiger partial charge >= 0.3 is 12.1 Å². The number of methoxy groups -OCH3 is 1. The molecule has 0 saturated carbocycles. The summed E-state index contributed by atoms with van der Waals surface area (Å²) < 4.78 is 69.7. The van der Waals surface area contributed by atoms with Gasteiger partial charge in [0.25, 0.3) is 0 Å². The molecule has 1 heterocycles. The summed E-state index contributed by atoms with van der Waals surface area (Å²) in [6, 6.07) is 4.29. The molecular formula is C14H11ClF3NO4S2. The second kappa shape index (κ2) is 7.32. The molecule has 1 aromatic carbocycles. The van der Waals surface area contributed by atoms with E-state index in [-0.39, 0.29) is 15.3 Å². The fraction of sp³-hybridized carbons (Fsp3) is 0.214. The third kappa shape index (κ3) is 4.51. The molecule has 0 fully saturated rings. The lowest BCUT2D eigenvalue weighted by atomic mass is 10.1. The van der Waals surface area contributed by atoms with Gasteiger partial charge in [0, 0.05) is 6.54 Å². The summed E-state index contributed by atoms with van der Waals surface area (Å²) in [7, 11) is -3.00. The number of hydrogen-bond acceptors (Lipinski definition) is 5. The number of halogens is 4. The molecule has 0 aliphatic heterocycles. The first-order valence-electron chi connectivity index (χ1n) is 6.57. The van der Waals surface area contributed by atoms with Crippen LogP contribution in [0.25, 0.3) is 0 Å². The van der Waals surface area contributed by atoms with E-state index in [1.165, 1.54) is 17.5 Å². The monoisotopic (exact) mass is 413 g/mol. The Kier molecular flexibility index (Phi) is 5.77. The molecule has 0 aliphatic rings. The van der Waals surface area contributed by atoms with Gasteiger partial charge in [-0.25, -0.2) is 17.9 Å². The third-order valence-electron chi connectivity index (χ3n) is 3.09. The van der Waals surface area contributed by atoms with Crippen molar-refractivity contribution in [2.75, 3.05) is 7.11 Å². The van der Waals surface area contributed by atoms with Gasteiger partial charge in [0.15, 0.2) is 0 Å². The molecule has 0 radical (unpaired) electrons. The third-order valence-corrected chi connectivity index (χ3v) is 5.89. The Labute approximate surface area is 150 Å². The van der Waals surface area contributed by atoms with Crippen LogP contribution in [0.4, 0.5) is 13.2 Å². The molecule has 2 aromatic rings. The maximum atomic E-state index is 12.8. The maximum Gasteiger partial charge on any atom is 0.417 e. The lowest BCUT2D eigenvalue weighted by Crippen LogP contribution is -2.24. The van der Waals surface area contributed by atoms with Gasteiger partial charge in [-0.3, -0.25) is 0 Å². The molecule has 0 atom stereocenters. The van der Waals surface area contributed by atoms with Crippen LogP contribution in [0.2, 0.25) is 5.02 Å². The Hall–Kier alpha value is -1.62. The lowest BCUT2D eigenvalue weighted by molar-refractivity contribution is -0.137. The minimum absolute atomic E-state index is 0.0650. The van der Waals surface area contributed by atoms with Gasteiger partial charge in [0.05, 0.1) is 17.7 Å². The normalized spacial score (nSPS) is 12.2. The van der Waals surface area contributed by atoms with Gasteiger partial charge < -0.3 is 4.74 Å². The Morgan fingerprint density at radius 3 is 2.60 bits per heavy atom. The molecule has 5 nitrogen and oxygen atoms in total. The zero-order chi connectivity index (χ0) is 18.8. The highest BCUT2D eigenvalue weighted by atomic mass is 35.5. The minimum atomic E-state index is -4.66. The minimum Gasteiger partial charge on any atom is -0.465 e. The fourth-order valence-corrected chi connectivity index (χ4v) is 4.48. The van der Waals surface area contributed by atoms with Crippen molar-refractivity contribution in [2.24, 2.45) is 0 Å². The molecular weight excluding hydrogens is 403 g/mol. The van der Waals surface area contributed by atoms with Crippen molar-refractivity contribution in [1.82, 2.24) is 4.72 Å². The van der Waals surface area contributed by atoms with E-state index in [2.05, 4.69) is 9.46 Å². The fourth-order valence-electron chi connectivity index (χ4n) is 1.91. The van der Waals surface area contributed by atoms with Crippen molar-refractivity contribution in [2.45, 2.75) is 17.6 Å². The summed E-state index contributed by atoms with van der Waals surface area (Å²) in [6.07, 6.45) is -4.66.